The van der Waals surface area contributed by atoms with Crippen LogP contribution in [0.4, 0.5) is 0 Å². The second-order valence-electron chi connectivity index (χ2n) is 25.6. The van der Waals surface area contributed by atoms with Crippen LogP contribution < -0.4 is 0 Å². The predicted octanol–water partition coefficient (Wildman–Crippen LogP) is 25.7. The number of unbranched alkanes of at least 4 members (excludes halogenated alkanes) is 15. The van der Waals surface area contributed by atoms with Crippen molar-refractivity contribution in [1.82, 2.24) is 0 Å². The minimum atomic E-state index is -4.42. The van der Waals surface area contributed by atoms with Crippen molar-refractivity contribution in [2.45, 2.75) is 264 Å². The van der Waals surface area contributed by atoms with Gasteiger partial charge in [-0.2, -0.15) is 0 Å². The molecule has 10 heteroatoms. The number of quaternary nitrogens is 1. The highest BCUT2D eigenvalue weighted by Crippen LogP contribution is 2.43. The van der Waals surface area contributed by atoms with E-state index in [4.69, 9.17) is 18.5 Å². The van der Waals surface area contributed by atoms with E-state index in [1.807, 2.05) is 21.1 Å². The molecule has 548 valence electrons. The van der Waals surface area contributed by atoms with Gasteiger partial charge in [0.25, 0.3) is 0 Å². The van der Waals surface area contributed by atoms with Gasteiger partial charge in [0.2, 0.25) is 0 Å². The third kappa shape index (κ3) is 79.1. The van der Waals surface area contributed by atoms with Crippen LogP contribution in [-0.4, -0.2) is 74.9 Å². The monoisotopic (exact) mass is 1370 g/mol. The summed E-state index contributed by atoms with van der Waals surface area (Å²) >= 11 is 0. The van der Waals surface area contributed by atoms with E-state index >= 15 is 0 Å². The molecule has 0 heterocycles. The Balaban J connectivity index is 4.17. The lowest BCUT2D eigenvalue weighted by Gasteiger charge is -2.24. The Bertz CT molecular complexity index is 2510. The lowest BCUT2D eigenvalue weighted by Crippen LogP contribution is -2.37. The number of esters is 2. The number of hydrogen-bond acceptors (Lipinski definition) is 7. The fourth-order valence-electron chi connectivity index (χ4n) is 9.45. The highest BCUT2D eigenvalue weighted by atomic mass is 31.2. The number of nitrogens with zero attached hydrogens (tertiary/aromatic N) is 1. The summed E-state index contributed by atoms with van der Waals surface area (Å²) in [4.78, 5) is 35.9. The molecule has 0 amide bonds. The van der Waals surface area contributed by atoms with Crippen LogP contribution >= 0.6 is 7.82 Å². The van der Waals surface area contributed by atoms with Crippen LogP contribution in [0.2, 0.25) is 0 Å². The minimum absolute atomic E-state index is 0.0135. The molecule has 0 saturated heterocycles. The van der Waals surface area contributed by atoms with E-state index in [2.05, 4.69) is 245 Å². The van der Waals surface area contributed by atoms with Gasteiger partial charge in [-0.25, -0.2) is 4.57 Å². The van der Waals surface area contributed by atoms with Crippen molar-refractivity contribution in [2.24, 2.45) is 0 Å². The number of carbonyl (C=O) groups excluding carboxylic acids is 2. The van der Waals surface area contributed by atoms with Crippen LogP contribution in [-0.2, 0) is 32.7 Å². The van der Waals surface area contributed by atoms with Crippen LogP contribution in [0.25, 0.3) is 0 Å². The zero-order chi connectivity index (χ0) is 71.1. The second-order valence-corrected chi connectivity index (χ2v) is 27.0. The van der Waals surface area contributed by atoms with Crippen molar-refractivity contribution >= 4 is 19.8 Å². The third-order valence-corrected chi connectivity index (χ3v) is 16.2. The summed E-state index contributed by atoms with van der Waals surface area (Å²) in [5.74, 6) is -0.846. The van der Waals surface area contributed by atoms with Crippen molar-refractivity contribution in [3.63, 3.8) is 0 Å². The average Bonchev–Trinajstić information content (AvgIpc) is 1.08. The van der Waals surface area contributed by atoms with Gasteiger partial charge in [0, 0.05) is 12.8 Å². The first-order valence-electron chi connectivity index (χ1n) is 38.1. The molecular formula is C88H139NO8P+. The van der Waals surface area contributed by atoms with Gasteiger partial charge in [-0.1, -0.05) is 315 Å². The summed E-state index contributed by atoms with van der Waals surface area (Å²) < 4.78 is 34.7. The molecule has 0 aromatic rings. The van der Waals surface area contributed by atoms with Crippen molar-refractivity contribution in [3.8, 4) is 0 Å². The van der Waals surface area contributed by atoms with Gasteiger partial charge in [-0.05, 0) is 161 Å². The normalized spacial score (nSPS) is 14.4. The van der Waals surface area contributed by atoms with E-state index in [-0.39, 0.29) is 32.0 Å². The quantitative estimate of drug-likeness (QED) is 0.0211. The molecule has 9 nitrogen and oxygen atoms in total. The maximum absolute atomic E-state index is 12.9. The molecule has 0 aliphatic carbocycles. The molecule has 98 heavy (non-hydrogen) atoms. The van der Waals surface area contributed by atoms with Gasteiger partial charge in [-0.3, -0.25) is 18.6 Å². The number of phosphoric acid groups is 1. The molecule has 0 aliphatic heterocycles. The molecule has 2 atom stereocenters. The van der Waals surface area contributed by atoms with Crippen LogP contribution in [0.1, 0.15) is 258 Å². The first-order chi connectivity index (χ1) is 48.0. The number of hydrogen-bond donors (Lipinski definition) is 1. The van der Waals surface area contributed by atoms with Gasteiger partial charge in [0.05, 0.1) is 27.7 Å². The predicted molar refractivity (Wildman–Crippen MR) is 426 cm³/mol. The van der Waals surface area contributed by atoms with Crippen molar-refractivity contribution in [3.05, 3.63) is 231 Å². The minimum Gasteiger partial charge on any atom is -0.462 e. The van der Waals surface area contributed by atoms with Crippen molar-refractivity contribution < 1.29 is 42.1 Å². The average molecular weight is 1370 g/mol. The Morgan fingerprint density at radius 3 is 0.816 bits per heavy atom. The number of phosphoric ester groups is 1. The molecular weight excluding hydrogens is 1230 g/mol. The molecule has 2 unspecified atom stereocenters. The lowest BCUT2D eigenvalue weighted by molar-refractivity contribution is -0.870. The van der Waals surface area contributed by atoms with Gasteiger partial charge in [-0.15, -0.1) is 0 Å². The zero-order valence-electron chi connectivity index (χ0n) is 62.4. The first-order valence-corrected chi connectivity index (χ1v) is 39.6. The van der Waals surface area contributed by atoms with E-state index in [1.165, 1.54) is 44.9 Å². The molecule has 1 N–H and O–H groups in total. The van der Waals surface area contributed by atoms with E-state index < -0.39 is 26.5 Å². The van der Waals surface area contributed by atoms with Crippen LogP contribution in [0.3, 0.4) is 0 Å². The van der Waals surface area contributed by atoms with Gasteiger partial charge >= 0.3 is 19.8 Å². The number of ether oxygens (including phenoxy) is 2. The lowest BCUT2D eigenvalue weighted by atomic mass is 10.0. The summed E-state index contributed by atoms with van der Waals surface area (Å²) in [6, 6.07) is 0. The Kier molecular flexibility index (Phi) is 70.7. The topological polar surface area (TPSA) is 108 Å². The molecule has 0 rings (SSSR count). The van der Waals surface area contributed by atoms with E-state index in [1.54, 1.807) is 0 Å². The third-order valence-electron chi connectivity index (χ3n) is 15.2. The zero-order valence-corrected chi connectivity index (χ0v) is 63.3. The second kappa shape index (κ2) is 75.3. The molecule has 0 saturated carbocycles. The Morgan fingerprint density at radius 1 is 0.316 bits per heavy atom. The maximum atomic E-state index is 12.9. The Labute approximate surface area is 600 Å². The van der Waals surface area contributed by atoms with Crippen molar-refractivity contribution in [1.29, 1.82) is 0 Å². The molecule has 0 spiro atoms. The standard InChI is InChI=1S/C88H138NO8P/c1-6-8-10-12-14-16-18-20-22-24-26-28-30-32-34-36-38-40-42-43-44-45-47-48-50-52-54-56-58-60-62-64-66-68-70-72-74-76-78-80-87(90)94-84-86(85-96-98(92,93)95-83-82-89(3,4)5)97-88(91)81-79-77-75-73-71-69-67-65-63-61-59-57-55-53-51-49-46-41-39-37-35-33-31-29-27-25-23-21-19-17-15-13-11-9-7-2/h8-11,14-17,20-23,26-29,32-35,38-41,43-44,47-49,51-52,54-55,57,61,63,67,69,86H,6-7,12-13,18-19,24-25,30-31,36-37,42,45-46,50,53,56,58-60,62,64-66,68,70-85H2,1-5H3/p+1/b10-8-,11-9-,16-14-,17-15-,22-20-,23-21-,28-26-,29-27-,34-32-,35-33-,40-38-,41-39-,44-43-,48-47-,51-49-,54-52-,57-55-,63-61-,69-67-. The highest BCUT2D eigenvalue weighted by molar-refractivity contribution is 7.47. The summed E-state index contributed by atoms with van der Waals surface area (Å²) in [7, 11) is 1.43. The van der Waals surface area contributed by atoms with Crippen LogP contribution in [0.5, 0.6) is 0 Å². The maximum Gasteiger partial charge on any atom is 0.472 e. The summed E-state index contributed by atoms with van der Waals surface area (Å²) in [5, 5.41) is 0. The summed E-state index contributed by atoms with van der Waals surface area (Å²) in [6.45, 7) is 4.15. The fraction of sp³-hybridized carbons (Fsp3) is 0.545. The van der Waals surface area contributed by atoms with Crippen molar-refractivity contribution in [2.75, 3.05) is 47.5 Å². The fourth-order valence-corrected chi connectivity index (χ4v) is 10.2. The molecule has 0 aromatic carbocycles. The van der Waals surface area contributed by atoms with Gasteiger partial charge < -0.3 is 18.9 Å². The smallest absolute Gasteiger partial charge is 0.462 e. The number of rotatable bonds is 67. The molecule has 0 bridgehead atoms. The number of allylic oxidation sites excluding steroid dienone is 38. The molecule has 0 aromatic heterocycles. The Morgan fingerprint density at radius 2 is 0.551 bits per heavy atom. The van der Waals surface area contributed by atoms with E-state index in [0.29, 0.717) is 17.4 Å². The van der Waals surface area contributed by atoms with Gasteiger partial charge in [0.1, 0.15) is 19.8 Å². The number of likely N-dealkylation sites (N-methyl/N-ethyl adjacent to an activating group) is 1. The first kappa shape index (κ1) is 92.1. The molecule has 0 aliphatic rings. The van der Waals surface area contributed by atoms with Crippen LogP contribution in [0.15, 0.2) is 231 Å². The number of carbonyl (C=O) groups is 2. The Hall–Kier alpha value is -5.93. The molecule has 0 radical (unpaired) electrons. The largest absolute Gasteiger partial charge is 0.472 e. The van der Waals surface area contributed by atoms with Crippen LogP contribution in [0, 0.1) is 0 Å². The summed E-state index contributed by atoms with van der Waals surface area (Å²) in [6.07, 6.45) is 122. The molecule has 0 fully saturated rings. The van der Waals surface area contributed by atoms with Gasteiger partial charge in [0.15, 0.2) is 6.10 Å². The summed E-state index contributed by atoms with van der Waals surface area (Å²) in [5.41, 5.74) is 0. The van der Waals surface area contributed by atoms with E-state index in [9.17, 15) is 19.0 Å². The highest BCUT2D eigenvalue weighted by Gasteiger charge is 2.27. The van der Waals surface area contributed by atoms with E-state index in [0.717, 1.165) is 180 Å². The SMILES string of the molecule is CC/C=C\C/C=C\C/C=C\C/C=C\C/C=C\C/C=C\C/C=C\C/C=C\C/C=C\C/C=C\CCCCCCC(=O)OC(COC(=O)CCCCCCCCCCCCC/C=C\C/C=C\C/C=C\C/C=C\C/C=C\C/C=C\C/C=C\C/C=C\C/C=C\CC)COP(=O)(O)OCC[N+](C)(C)C.